The molecule has 0 fully saturated rings. The third-order valence-electron chi connectivity index (χ3n) is 3.77. The van der Waals surface area contributed by atoms with E-state index in [1.165, 1.54) is 0 Å². The number of aliphatic carboxylic acids is 1. The lowest BCUT2D eigenvalue weighted by molar-refractivity contribution is -0.147. The lowest BCUT2D eigenvalue weighted by atomic mass is 9.88. The molecule has 6 heteroatoms. The summed E-state index contributed by atoms with van der Waals surface area (Å²) >= 11 is 0. The molecule has 0 aromatic heterocycles. The van der Waals surface area contributed by atoms with Crippen LogP contribution in [0.15, 0.2) is 0 Å². The van der Waals surface area contributed by atoms with Crippen molar-refractivity contribution in [1.82, 2.24) is 15.5 Å². The number of carbonyl (C=O) groups is 2. The van der Waals surface area contributed by atoms with Crippen LogP contribution in [-0.4, -0.2) is 54.7 Å². The summed E-state index contributed by atoms with van der Waals surface area (Å²) in [6.07, 6.45) is 1.36. The van der Waals surface area contributed by atoms with Crippen molar-refractivity contribution >= 4 is 12.0 Å². The zero-order chi connectivity index (χ0) is 15.6. The molecule has 0 heterocycles. The number of rotatable bonds is 10. The fourth-order valence-electron chi connectivity index (χ4n) is 1.73. The second kappa shape index (κ2) is 9.58. The predicted octanol–water partition coefficient (Wildman–Crippen LogP) is 1.52. The fourth-order valence-corrected chi connectivity index (χ4v) is 1.73. The van der Waals surface area contributed by atoms with E-state index < -0.39 is 11.4 Å². The first-order chi connectivity index (χ1) is 9.39. The second-order valence-corrected chi connectivity index (χ2v) is 5.21. The van der Waals surface area contributed by atoms with Gasteiger partial charge in [-0.2, -0.15) is 0 Å². The Morgan fingerprint density at radius 2 is 1.75 bits per heavy atom. The van der Waals surface area contributed by atoms with Gasteiger partial charge in [0.05, 0.1) is 5.41 Å². The van der Waals surface area contributed by atoms with E-state index in [0.29, 0.717) is 13.0 Å². The molecule has 20 heavy (non-hydrogen) atoms. The van der Waals surface area contributed by atoms with Crippen LogP contribution in [0, 0.1) is 5.41 Å². The highest BCUT2D eigenvalue weighted by molar-refractivity contribution is 5.77. The topological polar surface area (TPSA) is 81.7 Å². The quantitative estimate of drug-likeness (QED) is 0.532. The third kappa shape index (κ3) is 6.75. The van der Waals surface area contributed by atoms with Gasteiger partial charge in [0, 0.05) is 13.1 Å². The van der Waals surface area contributed by atoms with E-state index in [-0.39, 0.29) is 12.6 Å². The van der Waals surface area contributed by atoms with Crippen LogP contribution in [0.1, 0.15) is 40.5 Å². The number of nitrogens with zero attached hydrogens (tertiary/aromatic N) is 1. The Bertz CT molecular complexity index is 306. The largest absolute Gasteiger partial charge is 0.481 e. The summed E-state index contributed by atoms with van der Waals surface area (Å²) in [5, 5.41) is 14.5. The molecule has 0 aliphatic rings. The van der Waals surface area contributed by atoms with E-state index in [1.54, 1.807) is 13.8 Å². The summed E-state index contributed by atoms with van der Waals surface area (Å²) in [6, 6.07) is -0.300. The fraction of sp³-hybridized carbons (Fsp3) is 0.857. The Balaban J connectivity index is 3.87. The van der Waals surface area contributed by atoms with Crippen molar-refractivity contribution in [2.45, 2.75) is 40.5 Å². The van der Waals surface area contributed by atoms with Crippen LogP contribution in [-0.2, 0) is 4.79 Å². The molecule has 0 aliphatic carbocycles. The minimum Gasteiger partial charge on any atom is -0.481 e. The van der Waals surface area contributed by atoms with E-state index in [0.717, 1.165) is 26.1 Å². The smallest absolute Gasteiger partial charge is 0.314 e. The monoisotopic (exact) mass is 287 g/mol. The van der Waals surface area contributed by atoms with Gasteiger partial charge in [-0.3, -0.25) is 4.79 Å². The van der Waals surface area contributed by atoms with Crippen LogP contribution in [0.25, 0.3) is 0 Å². The molecule has 3 N–H and O–H groups in total. The molecule has 2 amide bonds. The van der Waals surface area contributed by atoms with Crippen LogP contribution in [0.4, 0.5) is 4.79 Å². The first-order valence-electron chi connectivity index (χ1n) is 7.37. The van der Waals surface area contributed by atoms with Gasteiger partial charge in [-0.25, -0.2) is 4.79 Å². The Labute approximate surface area is 121 Å². The van der Waals surface area contributed by atoms with Gasteiger partial charge in [0.25, 0.3) is 0 Å². The molecule has 6 nitrogen and oxygen atoms in total. The number of carboxylic acids is 1. The molecule has 0 rings (SSSR count). The lowest BCUT2D eigenvalue weighted by Gasteiger charge is -2.23. The maximum absolute atomic E-state index is 11.6. The summed E-state index contributed by atoms with van der Waals surface area (Å²) in [6.45, 7) is 11.4. The molecular formula is C14H29N3O3. The highest BCUT2D eigenvalue weighted by Crippen LogP contribution is 2.19. The average molecular weight is 287 g/mol. The van der Waals surface area contributed by atoms with Crippen molar-refractivity contribution < 1.29 is 14.7 Å². The summed E-state index contributed by atoms with van der Waals surface area (Å²) in [5.74, 6) is -0.887. The van der Waals surface area contributed by atoms with Crippen molar-refractivity contribution in [3.05, 3.63) is 0 Å². The van der Waals surface area contributed by atoms with Crippen LogP contribution in [0.5, 0.6) is 0 Å². The van der Waals surface area contributed by atoms with Crippen LogP contribution >= 0.6 is 0 Å². The molecule has 0 spiro atoms. The van der Waals surface area contributed by atoms with Crippen LogP contribution in [0.2, 0.25) is 0 Å². The van der Waals surface area contributed by atoms with Crippen molar-refractivity contribution in [2.75, 3.05) is 32.7 Å². The third-order valence-corrected chi connectivity index (χ3v) is 3.77. The molecule has 0 aromatic carbocycles. The van der Waals surface area contributed by atoms with Gasteiger partial charge in [-0.05, 0) is 39.4 Å². The van der Waals surface area contributed by atoms with Gasteiger partial charge < -0.3 is 20.6 Å². The number of amides is 2. The maximum atomic E-state index is 11.6. The Morgan fingerprint density at radius 1 is 1.15 bits per heavy atom. The Kier molecular flexibility index (Phi) is 8.96. The van der Waals surface area contributed by atoms with Gasteiger partial charge >= 0.3 is 12.0 Å². The summed E-state index contributed by atoms with van der Waals surface area (Å²) in [7, 11) is 0. The zero-order valence-corrected chi connectivity index (χ0v) is 13.2. The molecule has 0 aliphatic heterocycles. The summed E-state index contributed by atoms with van der Waals surface area (Å²) < 4.78 is 0. The predicted molar refractivity (Wildman–Crippen MR) is 79.8 cm³/mol. The number of nitrogens with one attached hydrogen (secondary N) is 2. The van der Waals surface area contributed by atoms with Crippen molar-refractivity contribution in [2.24, 2.45) is 5.41 Å². The van der Waals surface area contributed by atoms with Crippen LogP contribution in [0.3, 0.4) is 0 Å². The number of hydrogen-bond donors (Lipinski definition) is 3. The van der Waals surface area contributed by atoms with Gasteiger partial charge in [0.15, 0.2) is 0 Å². The van der Waals surface area contributed by atoms with Gasteiger partial charge in [0.2, 0.25) is 0 Å². The van der Waals surface area contributed by atoms with Gasteiger partial charge in [-0.15, -0.1) is 0 Å². The molecule has 0 saturated heterocycles. The summed E-state index contributed by atoms with van der Waals surface area (Å²) in [5.41, 5.74) is -0.904. The minimum absolute atomic E-state index is 0.140. The molecule has 0 aromatic rings. The molecule has 1 unspecified atom stereocenters. The molecule has 0 saturated carbocycles. The minimum atomic E-state index is -0.904. The molecule has 118 valence electrons. The molecule has 0 radical (unpaired) electrons. The molecule has 1 atom stereocenters. The molecule has 0 bridgehead atoms. The maximum Gasteiger partial charge on any atom is 0.314 e. The standard InChI is InChI=1S/C14H29N3O3/c1-5-14(4,12(18)19)11-16-13(20)15-9-8-10-17(6-2)7-3/h5-11H2,1-4H3,(H,18,19)(H2,15,16,20). The van der Waals surface area contributed by atoms with E-state index >= 15 is 0 Å². The van der Waals surface area contributed by atoms with Crippen LogP contribution < -0.4 is 10.6 Å². The number of carbonyl (C=O) groups excluding carboxylic acids is 1. The SMILES string of the molecule is CCN(CC)CCCNC(=O)NCC(C)(CC)C(=O)O. The number of hydrogen-bond acceptors (Lipinski definition) is 3. The summed E-state index contributed by atoms with van der Waals surface area (Å²) in [4.78, 5) is 25.0. The van der Waals surface area contributed by atoms with Crippen molar-refractivity contribution in [1.29, 1.82) is 0 Å². The Morgan fingerprint density at radius 3 is 2.20 bits per heavy atom. The van der Waals surface area contributed by atoms with E-state index in [2.05, 4.69) is 29.4 Å². The van der Waals surface area contributed by atoms with E-state index in [4.69, 9.17) is 5.11 Å². The zero-order valence-electron chi connectivity index (χ0n) is 13.2. The van der Waals surface area contributed by atoms with E-state index in [9.17, 15) is 9.59 Å². The normalized spacial score (nSPS) is 13.8. The van der Waals surface area contributed by atoms with E-state index in [1.807, 2.05) is 0 Å². The highest BCUT2D eigenvalue weighted by Gasteiger charge is 2.31. The highest BCUT2D eigenvalue weighted by atomic mass is 16.4. The average Bonchev–Trinajstić information content (AvgIpc) is 2.44. The number of urea groups is 1. The first kappa shape index (κ1) is 18.7. The number of carboxylic acid groups (broad SMARTS) is 1. The molecular weight excluding hydrogens is 258 g/mol. The lowest BCUT2D eigenvalue weighted by Crippen LogP contribution is -2.45. The van der Waals surface area contributed by atoms with Crippen molar-refractivity contribution in [3.63, 3.8) is 0 Å². The second-order valence-electron chi connectivity index (χ2n) is 5.21. The van der Waals surface area contributed by atoms with Gasteiger partial charge in [-0.1, -0.05) is 20.8 Å². The first-order valence-corrected chi connectivity index (χ1v) is 7.37. The van der Waals surface area contributed by atoms with Crippen molar-refractivity contribution in [3.8, 4) is 0 Å². The van der Waals surface area contributed by atoms with Gasteiger partial charge in [0.1, 0.15) is 0 Å². The Hall–Kier alpha value is -1.30.